The van der Waals surface area contributed by atoms with Crippen LogP contribution in [0.3, 0.4) is 0 Å². The molecule has 0 aliphatic rings. The van der Waals surface area contributed by atoms with E-state index < -0.39 is 0 Å². The van der Waals surface area contributed by atoms with Crippen LogP contribution in [-0.2, 0) is 11.3 Å². The average molecular weight is 243 g/mol. The summed E-state index contributed by atoms with van der Waals surface area (Å²) in [6, 6.07) is 0. The van der Waals surface area contributed by atoms with Crippen molar-refractivity contribution >= 4 is 16.5 Å². The van der Waals surface area contributed by atoms with Gasteiger partial charge in [-0.2, -0.15) is 0 Å². The molecule has 16 heavy (non-hydrogen) atoms. The molecule has 0 aliphatic carbocycles. The maximum Gasteiger partial charge on any atom is 0.182 e. The summed E-state index contributed by atoms with van der Waals surface area (Å²) in [5.74, 6) is 0. The Labute approximate surface area is 102 Å². The van der Waals surface area contributed by atoms with E-state index in [1.165, 1.54) is 4.88 Å². The van der Waals surface area contributed by atoms with Crippen molar-refractivity contribution in [1.29, 1.82) is 0 Å². The van der Waals surface area contributed by atoms with Crippen molar-refractivity contribution in [1.82, 2.24) is 9.88 Å². The van der Waals surface area contributed by atoms with Gasteiger partial charge in [-0.1, -0.05) is 6.92 Å². The molecule has 1 aromatic rings. The third-order valence-electron chi connectivity index (χ3n) is 2.32. The molecule has 0 amide bonds. The minimum atomic E-state index is 0.784. The third kappa shape index (κ3) is 4.47. The van der Waals surface area contributed by atoms with Crippen LogP contribution in [-0.4, -0.2) is 43.2 Å². The SMILES string of the molecule is CCNc1ncc(CN(CC)CCOC)s1. The zero-order valence-electron chi connectivity index (χ0n) is 10.3. The smallest absolute Gasteiger partial charge is 0.182 e. The van der Waals surface area contributed by atoms with Crippen LogP contribution in [0.1, 0.15) is 18.7 Å². The van der Waals surface area contributed by atoms with Gasteiger partial charge in [0.05, 0.1) is 6.61 Å². The van der Waals surface area contributed by atoms with Gasteiger partial charge >= 0.3 is 0 Å². The van der Waals surface area contributed by atoms with E-state index in [4.69, 9.17) is 4.74 Å². The van der Waals surface area contributed by atoms with Gasteiger partial charge < -0.3 is 10.1 Å². The summed E-state index contributed by atoms with van der Waals surface area (Å²) >= 11 is 1.73. The van der Waals surface area contributed by atoms with E-state index in [2.05, 4.69) is 29.0 Å². The topological polar surface area (TPSA) is 37.4 Å². The number of nitrogens with zero attached hydrogens (tertiary/aromatic N) is 2. The second-order valence-corrected chi connectivity index (χ2v) is 4.64. The van der Waals surface area contributed by atoms with E-state index in [0.717, 1.165) is 37.9 Å². The van der Waals surface area contributed by atoms with Gasteiger partial charge in [0, 0.05) is 37.8 Å². The second kappa shape index (κ2) is 7.60. The molecule has 0 unspecified atom stereocenters. The minimum Gasteiger partial charge on any atom is -0.383 e. The van der Waals surface area contributed by atoms with Crippen LogP contribution in [0.2, 0.25) is 0 Å². The van der Waals surface area contributed by atoms with E-state index in [0.29, 0.717) is 0 Å². The Morgan fingerprint density at radius 2 is 2.31 bits per heavy atom. The van der Waals surface area contributed by atoms with Crippen LogP contribution >= 0.6 is 11.3 Å². The molecular formula is C11H21N3OS. The van der Waals surface area contributed by atoms with Crippen molar-refractivity contribution in [2.75, 3.05) is 38.7 Å². The first kappa shape index (κ1) is 13.4. The second-order valence-electron chi connectivity index (χ2n) is 3.52. The molecule has 1 heterocycles. The molecule has 0 radical (unpaired) electrons. The molecule has 1 aromatic heterocycles. The zero-order valence-corrected chi connectivity index (χ0v) is 11.1. The Morgan fingerprint density at radius 1 is 1.50 bits per heavy atom. The Morgan fingerprint density at radius 3 is 2.94 bits per heavy atom. The van der Waals surface area contributed by atoms with E-state index in [1.807, 2.05) is 6.20 Å². The van der Waals surface area contributed by atoms with Crippen molar-refractivity contribution in [2.45, 2.75) is 20.4 Å². The number of ether oxygens (including phenoxy) is 1. The highest BCUT2D eigenvalue weighted by molar-refractivity contribution is 7.15. The fraction of sp³-hybridized carbons (Fsp3) is 0.727. The molecule has 0 aromatic carbocycles. The first-order chi connectivity index (χ1) is 7.80. The van der Waals surface area contributed by atoms with Gasteiger partial charge in [0.2, 0.25) is 0 Å². The van der Waals surface area contributed by atoms with E-state index in [-0.39, 0.29) is 0 Å². The number of likely N-dealkylation sites (N-methyl/N-ethyl adjacent to an activating group) is 1. The van der Waals surface area contributed by atoms with Crippen LogP contribution < -0.4 is 5.32 Å². The predicted octanol–water partition coefficient (Wildman–Crippen LogP) is 2.04. The quantitative estimate of drug-likeness (QED) is 0.758. The molecule has 0 bridgehead atoms. The van der Waals surface area contributed by atoms with Gasteiger partial charge in [-0.3, -0.25) is 4.90 Å². The molecule has 0 saturated carbocycles. The molecule has 92 valence electrons. The lowest BCUT2D eigenvalue weighted by Crippen LogP contribution is -2.26. The van der Waals surface area contributed by atoms with Crippen LogP contribution in [0.15, 0.2) is 6.20 Å². The Hall–Kier alpha value is -0.650. The van der Waals surface area contributed by atoms with Crippen molar-refractivity contribution in [3.63, 3.8) is 0 Å². The highest BCUT2D eigenvalue weighted by Gasteiger charge is 2.06. The fourth-order valence-corrected chi connectivity index (χ4v) is 2.33. The number of anilines is 1. The van der Waals surface area contributed by atoms with Crippen molar-refractivity contribution in [3.05, 3.63) is 11.1 Å². The summed E-state index contributed by atoms with van der Waals surface area (Å²) in [6.45, 7) is 8.93. The molecule has 0 spiro atoms. The Bertz CT molecular complexity index is 291. The van der Waals surface area contributed by atoms with Gasteiger partial charge in [-0.05, 0) is 13.5 Å². The van der Waals surface area contributed by atoms with Crippen molar-refractivity contribution < 1.29 is 4.74 Å². The van der Waals surface area contributed by atoms with Crippen LogP contribution in [0.25, 0.3) is 0 Å². The van der Waals surface area contributed by atoms with Gasteiger partial charge in [-0.25, -0.2) is 4.98 Å². The minimum absolute atomic E-state index is 0.784. The number of hydrogen-bond acceptors (Lipinski definition) is 5. The summed E-state index contributed by atoms with van der Waals surface area (Å²) in [6.07, 6.45) is 1.96. The lowest BCUT2D eigenvalue weighted by molar-refractivity contribution is 0.148. The largest absolute Gasteiger partial charge is 0.383 e. The van der Waals surface area contributed by atoms with Gasteiger partial charge in [0.15, 0.2) is 5.13 Å². The Kier molecular flexibility index (Phi) is 6.37. The van der Waals surface area contributed by atoms with Gasteiger partial charge in [0.1, 0.15) is 0 Å². The van der Waals surface area contributed by atoms with Crippen LogP contribution in [0, 0.1) is 0 Å². The molecular weight excluding hydrogens is 222 g/mol. The van der Waals surface area contributed by atoms with Crippen LogP contribution in [0.4, 0.5) is 5.13 Å². The highest BCUT2D eigenvalue weighted by Crippen LogP contribution is 2.19. The van der Waals surface area contributed by atoms with Gasteiger partial charge in [0.25, 0.3) is 0 Å². The summed E-state index contributed by atoms with van der Waals surface area (Å²) in [7, 11) is 1.74. The standard InChI is InChI=1S/C11H21N3OS/c1-4-12-11-13-8-10(16-11)9-14(5-2)6-7-15-3/h8H,4-7,9H2,1-3H3,(H,12,13). The first-order valence-corrected chi connectivity index (χ1v) is 6.51. The van der Waals surface area contributed by atoms with E-state index in [1.54, 1.807) is 18.4 Å². The highest BCUT2D eigenvalue weighted by atomic mass is 32.1. The molecule has 0 fully saturated rings. The number of methoxy groups -OCH3 is 1. The predicted molar refractivity (Wildman–Crippen MR) is 69.1 cm³/mol. The van der Waals surface area contributed by atoms with E-state index >= 15 is 0 Å². The molecule has 0 aliphatic heterocycles. The lowest BCUT2D eigenvalue weighted by atomic mass is 10.4. The van der Waals surface area contributed by atoms with E-state index in [9.17, 15) is 0 Å². The number of rotatable bonds is 8. The fourth-order valence-electron chi connectivity index (χ4n) is 1.40. The maximum atomic E-state index is 5.09. The summed E-state index contributed by atoms with van der Waals surface area (Å²) in [5, 5.41) is 4.24. The molecule has 1 rings (SSSR count). The molecule has 0 saturated heterocycles. The van der Waals surface area contributed by atoms with Crippen molar-refractivity contribution in [3.8, 4) is 0 Å². The first-order valence-electron chi connectivity index (χ1n) is 5.70. The normalized spacial score (nSPS) is 11.0. The molecule has 0 atom stereocenters. The Balaban J connectivity index is 2.43. The molecule has 1 N–H and O–H groups in total. The van der Waals surface area contributed by atoms with Gasteiger partial charge in [-0.15, -0.1) is 11.3 Å². The lowest BCUT2D eigenvalue weighted by Gasteiger charge is -2.18. The van der Waals surface area contributed by atoms with Crippen molar-refractivity contribution in [2.24, 2.45) is 0 Å². The third-order valence-corrected chi connectivity index (χ3v) is 3.26. The monoisotopic (exact) mass is 243 g/mol. The number of hydrogen-bond donors (Lipinski definition) is 1. The summed E-state index contributed by atoms with van der Waals surface area (Å²) in [4.78, 5) is 7.98. The summed E-state index contributed by atoms with van der Waals surface area (Å²) < 4.78 is 5.09. The number of nitrogens with one attached hydrogen (secondary N) is 1. The van der Waals surface area contributed by atoms with Crippen LogP contribution in [0.5, 0.6) is 0 Å². The summed E-state index contributed by atoms with van der Waals surface area (Å²) in [5.41, 5.74) is 0. The number of aromatic nitrogens is 1. The number of thiazole rings is 1. The maximum absolute atomic E-state index is 5.09. The molecule has 4 nitrogen and oxygen atoms in total. The zero-order chi connectivity index (χ0) is 11.8. The molecule has 5 heteroatoms. The average Bonchev–Trinajstić information content (AvgIpc) is 2.72.